The largest absolute Gasteiger partial charge is 0.491 e. The number of hydrogen-bond acceptors (Lipinski definition) is 3. The van der Waals surface area contributed by atoms with Gasteiger partial charge in [0.15, 0.2) is 0 Å². The van der Waals surface area contributed by atoms with Gasteiger partial charge < -0.3 is 15.8 Å². The van der Waals surface area contributed by atoms with Crippen molar-refractivity contribution in [1.29, 1.82) is 0 Å². The van der Waals surface area contributed by atoms with Gasteiger partial charge in [0.25, 0.3) is 0 Å². The molecular formula is C13H22N2O. The van der Waals surface area contributed by atoms with Crippen LogP contribution in [-0.4, -0.2) is 19.7 Å². The zero-order valence-electron chi connectivity index (χ0n) is 10.3. The second-order valence-corrected chi connectivity index (χ2v) is 3.92. The first-order valence-electron chi connectivity index (χ1n) is 5.95. The van der Waals surface area contributed by atoms with Crippen molar-refractivity contribution in [3.05, 3.63) is 23.8 Å². The van der Waals surface area contributed by atoms with Gasteiger partial charge >= 0.3 is 0 Å². The van der Waals surface area contributed by atoms with Gasteiger partial charge in [0.2, 0.25) is 0 Å². The zero-order chi connectivity index (χ0) is 11.8. The number of nitrogens with one attached hydrogen (secondary N) is 1. The van der Waals surface area contributed by atoms with Crippen molar-refractivity contribution >= 4 is 5.69 Å². The Hall–Kier alpha value is -1.22. The van der Waals surface area contributed by atoms with E-state index in [9.17, 15) is 0 Å². The maximum Gasteiger partial charge on any atom is 0.142 e. The highest BCUT2D eigenvalue weighted by Gasteiger charge is 2.02. The Morgan fingerprint density at radius 2 is 2.19 bits per heavy atom. The summed E-state index contributed by atoms with van der Waals surface area (Å²) < 4.78 is 5.70. The lowest BCUT2D eigenvalue weighted by Crippen LogP contribution is -2.09. The molecule has 1 aromatic carbocycles. The number of nitrogens with two attached hydrogens (primary N) is 1. The molecule has 16 heavy (non-hydrogen) atoms. The SMILES string of the molecule is CCCOc1cc(C)ccc1NCCCN. The van der Waals surface area contributed by atoms with Crippen LogP contribution in [0.2, 0.25) is 0 Å². The summed E-state index contributed by atoms with van der Waals surface area (Å²) in [5, 5.41) is 3.35. The van der Waals surface area contributed by atoms with E-state index in [-0.39, 0.29) is 0 Å². The summed E-state index contributed by atoms with van der Waals surface area (Å²) in [6.07, 6.45) is 2.00. The Morgan fingerprint density at radius 1 is 1.38 bits per heavy atom. The highest BCUT2D eigenvalue weighted by molar-refractivity contribution is 5.57. The van der Waals surface area contributed by atoms with Crippen molar-refractivity contribution in [1.82, 2.24) is 0 Å². The molecule has 0 aliphatic rings. The fourth-order valence-electron chi connectivity index (χ4n) is 1.43. The van der Waals surface area contributed by atoms with Crippen LogP contribution < -0.4 is 15.8 Å². The molecule has 0 bridgehead atoms. The van der Waals surface area contributed by atoms with Crippen LogP contribution in [0, 0.1) is 6.92 Å². The standard InChI is InChI=1S/C13H22N2O/c1-3-9-16-13-10-11(2)5-6-12(13)15-8-4-7-14/h5-6,10,15H,3-4,7-9,14H2,1-2H3. The summed E-state index contributed by atoms with van der Waals surface area (Å²) in [6.45, 7) is 6.54. The average Bonchev–Trinajstić information content (AvgIpc) is 2.29. The lowest BCUT2D eigenvalue weighted by Gasteiger charge is -2.13. The molecule has 3 nitrogen and oxygen atoms in total. The Labute approximate surface area is 98.0 Å². The van der Waals surface area contributed by atoms with E-state index in [1.807, 2.05) is 0 Å². The van der Waals surface area contributed by atoms with Crippen molar-refractivity contribution in [2.45, 2.75) is 26.7 Å². The van der Waals surface area contributed by atoms with E-state index >= 15 is 0 Å². The van der Waals surface area contributed by atoms with Gasteiger partial charge in [0, 0.05) is 6.54 Å². The van der Waals surface area contributed by atoms with Gasteiger partial charge in [-0.25, -0.2) is 0 Å². The quantitative estimate of drug-likeness (QED) is 0.697. The molecule has 1 rings (SSSR count). The van der Waals surface area contributed by atoms with E-state index in [0.29, 0.717) is 6.54 Å². The summed E-state index contributed by atoms with van der Waals surface area (Å²) in [6, 6.07) is 6.22. The van der Waals surface area contributed by atoms with Crippen LogP contribution in [0.4, 0.5) is 5.69 Å². The first kappa shape index (κ1) is 12.8. The maximum absolute atomic E-state index is 5.70. The molecular weight excluding hydrogens is 200 g/mol. The third-order valence-electron chi connectivity index (χ3n) is 2.30. The number of rotatable bonds is 7. The lowest BCUT2D eigenvalue weighted by atomic mass is 10.2. The number of aryl methyl sites for hydroxylation is 1. The van der Waals surface area contributed by atoms with Crippen molar-refractivity contribution in [3.8, 4) is 5.75 Å². The van der Waals surface area contributed by atoms with Gasteiger partial charge in [-0.05, 0) is 44.0 Å². The Balaban J connectivity index is 2.64. The number of benzene rings is 1. The molecule has 0 amide bonds. The Bertz CT molecular complexity index is 313. The third-order valence-corrected chi connectivity index (χ3v) is 2.30. The number of ether oxygens (including phenoxy) is 1. The van der Waals surface area contributed by atoms with E-state index in [1.54, 1.807) is 0 Å². The molecule has 3 N–H and O–H groups in total. The minimum absolute atomic E-state index is 0.712. The number of anilines is 1. The van der Waals surface area contributed by atoms with Gasteiger partial charge in [0.05, 0.1) is 12.3 Å². The van der Waals surface area contributed by atoms with E-state index in [1.165, 1.54) is 5.56 Å². The predicted molar refractivity (Wildman–Crippen MR) is 69.1 cm³/mol. The monoisotopic (exact) mass is 222 g/mol. The van der Waals surface area contributed by atoms with Crippen LogP contribution in [0.1, 0.15) is 25.3 Å². The summed E-state index contributed by atoms with van der Waals surface area (Å²) >= 11 is 0. The predicted octanol–water partition coefficient (Wildman–Crippen LogP) is 2.54. The molecule has 0 radical (unpaired) electrons. The Morgan fingerprint density at radius 3 is 2.88 bits per heavy atom. The molecule has 0 aliphatic heterocycles. The summed E-state index contributed by atoms with van der Waals surface area (Å²) in [4.78, 5) is 0. The maximum atomic E-state index is 5.70. The highest BCUT2D eigenvalue weighted by atomic mass is 16.5. The Kier molecular flexibility index (Phi) is 5.72. The second-order valence-electron chi connectivity index (χ2n) is 3.92. The molecule has 90 valence electrons. The minimum atomic E-state index is 0.712. The van der Waals surface area contributed by atoms with Gasteiger partial charge in [-0.1, -0.05) is 13.0 Å². The summed E-state index contributed by atoms with van der Waals surface area (Å²) in [5.41, 5.74) is 7.74. The van der Waals surface area contributed by atoms with Gasteiger partial charge in [0.1, 0.15) is 5.75 Å². The van der Waals surface area contributed by atoms with E-state index < -0.39 is 0 Å². The smallest absolute Gasteiger partial charge is 0.142 e. The second kappa shape index (κ2) is 7.12. The van der Waals surface area contributed by atoms with Crippen molar-refractivity contribution < 1.29 is 4.74 Å². The molecule has 0 fully saturated rings. The third kappa shape index (κ3) is 4.11. The van der Waals surface area contributed by atoms with Crippen molar-refractivity contribution in [3.63, 3.8) is 0 Å². The number of hydrogen-bond donors (Lipinski definition) is 2. The molecule has 1 aromatic rings. The molecule has 3 heteroatoms. The van der Waals surface area contributed by atoms with E-state index in [4.69, 9.17) is 10.5 Å². The minimum Gasteiger partial charge on any atom is -0.491 e. The van der Waals surface area contributed by atoms with Gasteiger partial charge in [-0.3, -0.25) is 0 Å². The van der Waals surface area contributed by atoms with Crippen LogP contribution in [0.3, 0.4) is 0 Å². The van der Waals surface area contributed by atoms with E-state index in [2.05, 4.69) is 37.4 Å². The molecule has 0 saturated carbocycles. The molecule has 0 atom stereocenters. The first-order chi connectivity index (χ1) is 7.77. The van der Waals surface area contributed by atoms with Crippen LogP contribution in [-0.2, 0) is 0 Å². The zero-order valence-corrected chi connectivity index (χ0v) is 10.3. The summed E-state index contributed by atoms with van der Waals surface area (Å²) in [7, 11) is 0. The molecule has 0 aromatic heterocycles. The van der Waals surface area contributed by atoms with Crippen molar-refractivity contribution in [2.24, 2.45) is 5.73 Å². The van der Waals surface area contributed by atoms with E-state index in [0.717, 1.165) is 37.4 Å². The fraction of sp³-hybridized carbons (Fsp3) is 0.538. The van der Waals surface area contributed by atoms with Gasteiger partial charge in [-0.2, -0.15) is 0 Å². The van der Waals surface area contributed by atoms with Crippen LogP contribution in [0.25, 0.3) is 0 Å². The van der Waals surface area contributed by atoms with Crippen LogP contribution in [0.15, 0.2) is 18.2 Å². The van der Waals surface area contributed by atoms with Crippen molar-refractivity contribution in [2.75, 3.05) is 25.0 Å². The van der Waals surface area contributed by atoms with Crippen LogP contribution in [0.5, 0.6) is 5.75 Å². The lowest BCUT2D eigenvalue weighted by molar-refractivity contribution is 0.318. The van der Waals surface area contributed by atoms with Crippen LogP contribution >= 0.6 is 0 Å². The molecule has 0 unspecified atom stereocenters. The first-order valence-corrected chi connectivity index (χ1v) is 5.95. The molecule has 0 aliphatic carbocycles. The molecule has 0 saturated heterocycles. The highest BCUT2D eigenvalue weighted by Crippen LogP contribution is 2.25. The fourth-order valence-corrected chi connectivity index (χ4v) is 1.43. The molecule has 0 spiro atoms. The molecule has 0 heterocycles. The average molecular weight is 222 g/mol. The van der Waals surface area contributed by atoms with Gasteiger partial charge in [-0.15, -0.1) is 0 Å². The summed E-state index contributed by atoms with van der Waals surface area (Å²) in [5.74, 6) is 0.943. The topological polar surface area (TPSA) is 47.3 Å². The normalized spacial score (nSPS) is 10.2.